The smallest absolute Gasteiger partial charge is 0.264 e. The summed E-state index contributed by atoms with van der Waals surface area (Å²) in [6.07, 6.45) is 7.64. The van der Waals surface area contributed by atoms with Crippen molar-refractivity contribution in [3.63, 3.8) is 0 Å². The maximum absolute atomic E-state index is 15.3. The van der Waals surface area contributed by atoms with E-state index >= 15 is 4.39 Å². The van der Waals surface area contributed by atoms with Gasteiger partial charge >= 0.3 is 0 Å². The molecule has 2 fully saturated rings. The van der Waals surface area contributed by atoms with E-state index in [0.717, 1.165) is 11.3 Å². The Balaban J connectivity index is 1.22. The molecule has 3 aromatic heterocycles. The quantitative estimate of drug-likeness (QED) is 0.407. The number of rotatable bonds is 7. The number of halogens is 1. The maximum atomic E-state index is 15.3. The fraction of sp³-hybridized carbons (Fsp3) is 0.481. The van der Waals surface area contributed by atoms with Crippen LogP contribution in [0.5, 0.6) is 5.75 Å². The zero-order chi connectivity index (χ0) is 28.6. The van der Waals surface area contributed by atoms with Crippen molar-refractivity contribution in [2.45, 2.75) is 31.5 Å². The van der Waals surface area contributed by atoms with Gasteiger partial charge in [0.25, 0.3) is 5.91 Å². The van der Waals surface area contributed by atoms with Crippen molar-refractivity contribution in [1.82, 2.24) is 39.3 Å². The van der Waals surface area contributed by atoms with Gasteiger partial charge in [-0.05, 0) is 39.9 Å². The summed E-state index contributed by atoms with van der Waals surface area (Å²) in [6, 6.07) is 3.93. The summed E-state index contributed by atoms with van der Waals surface area (Å²) in [7, 11) is 5.32. The third-order valence-corrected chi connectivity index (χ3v) is 7.52. The summed E-state index contributed by atoms with van der Waals surface area (Å²) in [5.74, 6) is -0.332. The Morgan fingerprint density at radius 3 is 2.65 bits per heavy atom. The molecule has 210 valence electrons. The number of likely N-dealkylation sites (N-methyl/N-ethyl adjacent to an activating group) is 1. The van der Waals surface area contributed by atoms with Crippen LogP contribution in [0.3, 0.4) is 0 Å². The molecule has 0 atom stereocenters. The molecule has 13 heteroatoms. The molecule has 0 aliphatic carbocycles. The number of amides is 2. The zero-order valence-corrected chi connectivity index (χ0v) is 23.0. The monoisotopic (exact) mass is 549 g/mol. The van der Waals surface area contributed by atoms with Crippen molar-refractivity contribution in [2.24, 2.45) is 0 Å². The second-order valence-corrected chi connectivity index (χ2v) is 10.6. The van der Waals surface area contributed by atoms with Crippen LogP contribution in [0.15, 0.2) is 30.6 Å². The topological polar surface area (TPSA) is 125 Å². The predicted molar refractivity (Wildman–Crippen MR) is 143 cm³/mol. The average Bonchev–Trinajstić information content (AvgIpc) is 3.53. The second kappa shape index (κ2) is 10.7. The summed E-state index contributed by atoms with van der Waals surface area (Å²) < 4.78 is 24.3. The number of nitrogens with zero attached hydrogens (tertiary/aromatic N) is 9. The van der Waals surface area contributed by atoms with Crippen LogP contribution in [0.1, 0.15) is 30.1 Å². The lowest BCUT2D eigenvalue weighted by atomic mass is 9.92. The number of carbonyl (C=O) groups is 2. The van der Waals surface area contributed by atoms with Crippen LogP contribution in [0.4, 0.5) is 4.39 Å². The van der Waals surface area contributed by atoms with Gasteiger partial charge in [0.1, 0.15) is 28.6 Å². The molecule has 2 amide bonds. The van der Waals surface area contributed by atoms with Crippen molar-refractivity contribution < 1.29 is 18.7 Å². The summed E-state index contributed by atoms with van der Waals surface area (Å²) in [6.45, 7) is 2.88. The molecule has 5 rings (SSSR count). The molecule has 0 aromatic carbocycles. The summed E-state index contributed by atoms with van der Waals surface area (Å²) in [5, 5.41) is 22.4. The van der Waals surface area contributed by atoms with Crippen LogP contribution in [0.25, 0.3) is 16.8 Å². The molecule has 2 saturated heterocycles. The number of carbonyl (C=O) groups excluding carboxylic acids is 2. The molecule has 0 radical (unpaired) electrons. The highest BCUT2D eigenvalue weighted by molar-refractivity contribution is 5.93. The van der Waals surface area contributed by atoms with Gasteiger partial charge in [-0.25, -0.2) is 13.6 Å². The number of methoxy groups -OCH3 is 1. The predicted octanol–water partition coefficient (Wildman–Crippen LogP) is 1.61. The first-order chi connectivity index (χ1) is 19.1. The van der Waals surface area contributed by atoms with E-state index in [9.17, 15) is 14.9 Å². The Bertz CT molecular complexity index is 1510. The molecule has 3 aromatic rings. The fourth-order valence-electron chi connectivity index (χ4n) is 5.32. The Morgan fingerprint density at radius 1 is 1.27 bits per heavy atom. The van der Waals surface area contributed by atoms with Gasteiger partial charge in [-0.2, -0.15) is 10.4 Å². The van der Waals surface area contributed by atoms with E-state index in [-0.39, 0.29) is 25.0 Å². The summed E-state index contributed by atoms with van der Waals surface area (Å²) in [5.41, 5.74) is 1.21. The van der Waals surface area contributed by atoms with Crippen LogP contribution in [-0.2, 0) is 9.59 Å². The normalized spacial score (nSPS) is 17.4. The SMILES string of the molecule is COc1cc(-c2nnn(C3CCN(C(=O)C4(F)CN(C(=O)/C=C/CN(C)C)C4)CC3)c2C)cn2ncc(C#N)c12. The minimum atomic E-state index is -2.04. The van der Waals surface area contributed by atoms with E-state index in [0.29, 0.717) is 55.0 Å². The van der Waals surface area contributed by atoms with Crippen molar-refractivity contribution in [3.05, 3.63) is 41.9 Å². The van der Waals surface area contributed by atoms with Crippen LogP contribution in [0.2, 0.25) is 0 Å². The molecule has 2 aliphatic rings. The first-order valence-corrected chi connectivity index (χ1v) is 13.1. The first-order valence-electron chi connectivity index (χ1n) is 13.1. The molecule has 0 N–H and O–H groups in total. The standard InChI is InChI=1S/C27H32FN9O3/c1-18-24(19-12-22(40-4)25-20(13-29)14-30-36(25)15-19)31-32-37(18)21-7-10-34(11-8-21)26(39)27(28)16-35(17-27)23(38)6-5-9-33(2)3/h5-6,12,14-15,21H,7-11,16-17H2,1-4H3/b6-5+. The molecule has 0 unspecified atom stereocenters. The maximum Gasteiger partial charge on any atom is 0.264 e. The van der Waals surface area contributed by atoms with E-state index in [2.05, 4.69) is 21.5 Å². The van der Waals surface area contributed by atoms with Crippen LogP contribution in [-0.4, -0.2) is 111 Å². The van der Waals surface area contributed by atoms with Gasteiger partial charge < -0.3 is 19.4 Å². The Hall–Kier alpha value is -4.31. The van der Waals surface area contributed by atoms with Gasteiger partial charge in [0.15, 0.2) is 0 Å². The molecule has 2 aliphatic heterocycles. The highest BCUT2D eigenvalue weighted by atomic mass is 19.1. The number of alkyl halides is 1. The largest absolute Gasteiger partial charge is 0.494 e. The van der Waals surface area contributed by atoms with Gasteiger partial charge in [-0.15, -0.1) is 5.10 Å². The minimum Gasteiger partial charge on any atom is -0.494 e. The molecule has 0 saturated carbocycles. The highest BCUT2D eigenvalue weighted by Gasteiger charge is 2.53. The zero-order valence-electron chi connectivity index (χ0n) is 23.0. The number of pyridine rings is 1. The summed E-state index contributed by atoms with van der Waals surface area (Å²) >= 11 is 0. The number of hydrogen-bond donors (Lipinski definition) is 0. The van der Waals surface area contributed by atoms with E-state index < -0.39 is 11.6 Å². The molecular formula is C27H32FN9O3. The average molecular weight is 550 g/mol. The van der Waals surface area contributed by atoms with Crippen LogP contribution in [0, 0.1) is 18.3 Å². The number of piperidine rings is 1. The summed E-state index contributed by atoms with van der Waals surface area (Å²) in [4.78, 5) is 30.0. The highest BCUT2D eigenvalue weighted by Crippen LogP contribution is 2.34. The van der Waals surface area contributed by atoms with Gasteiger partial charge in [0.2, 0.25) is 11.6 Å². The van der Waals surface area contributed by atoms with Crippen molar-refractivity contribution in [3.8, 4) is 23.1 Å². The van der Waals surface area contributed by atoms with E-state index in [1.165, 1.54) is 24.3 Å². The number of fused-ring (bicyclic) bond motifs is 1. The van der Waals surface area contributed by atoms with Gasteiger partial charge in [-0.1, -0.05) is 11.3 Å². The number of likely N-dealkylation sites (tertiary alicyclic amines) is 2. The second-order valence-electron chi connectivity index (χ2n) is 10.6. The number of aromatic nitrogens is 5. The molecule has 40 heavy (non-hydrogen) atoms. The lowest BCUT2D eigenvalue weighted by molar-refractivity contribution is -0.162. The van der Waals surface area contributed by atoms with E-state index in [4.69, 9.17) is 4.74 Å². The molecule has 5 heterocycles. The van der Waals surface area contributed by atoms with Crippen molar-refractivity contribution >= 4 is 17.3 Å². The Morgan fingerprint density at radius 2 is 2.00 bits per heavy atom. The van der Waals surface area contributed by atoms with Gasteiger partial charge in [-0.3, -0.25) is 9.59 Å². The number of hydrogen-bond acceptors (Lipinski definition) is 8. The minimum absolute atomic E-state index is 0.00248. The Labute approximate surface area is 231 Å². The first kappa shape index (κ1) is 27.3. The lowest BCUT2D eigenvalue weighted by Gasteiger charge is -2.45. The molecule has 0 bridgehead atoms. The van der Waals surface area contributed by atoms with Crippen LogP contribution < -0.4 is 4.74 Å². The molecule has 12 nitrogen and oxygen atoms in total. The fourth-order valence-corrected chi connectivity index (χ4v) is 5.32. The van der Waals surface area contributed by atoms with Gasteiger partial charge in [0.05, 0.1) is 38.1 Å². The van der Waals surface area contributed by atoms with Crippen molar-refractivity contribution in [1.29, 1.82) is 5.26 Å². The van der Waals surface area contributed by atoms with Gasteiger partial charge in [0, 0.05) is 37.5 Å². The lowest BCUT2D eigenvalue weighted by Crippen LogP contribution is -2.68. The Kier molecular flexibility index (Phi) is 7.29. The van der Waals surface area contributed by atoms with Crippen LogP contribution >= 0.6 is 0 Å². The third kappa shape index (κ3) is 4.90. The van der Waals surface area contributed by atoms with E-state index in [1.54, 1.807) is 21.7 Å². The molecular weight excluding hydrogens is 517 g/mol. The number of ether oxygens (including phenoxy) is 1. The number of nitriles is 1. The third-order valence-electron chi connectivity index (χ3n) is 7.52. The van der Waals surface area contributed by atoms with Crippen molar-refractivity contribution in [2.75, 3.05) is 53.9 Å². The molecule has 0 spiro atoms. The van der Waals surface area contributed by atoms with E-state index in [1.807, 2.05) is 36.7 Å².